The second-order valence-electron chi connectivity index (χ2n) is 7.34. The zero-order valence-corrected chi connectivity index (χ0v) is 15.4. The van der Waals surface area contributed by atoms with Crippen LogP contribution in [0, 0.1) is 0 Å². The van der Waals surface area contributed by atoms with E-state index >= 15 is 0 Å². The second kappa shape index (κ2) is 7.02. The summed E-state index contributed by atoms with van der Waals surface area (Å²) in [7, 11) is 0. The smallest absolute Gasteiger partial charge is 0.254 e. The summed E-state index contributed by atoms with van der Waals surface area (Å²) < 4.78 is 11.3. The Hall–Kier alpha value is -2.49. The van der Waals surface area contributed by atoms with Crippen LogP contribution in [0.25, 0.3) is 0 Å². The summed E-state index contributed by atoms with van der Waals surface area (Å²) >= 11 is 0. The van der Waals surface area contributed by atoms with Gasteiger partial charge in [0, 0.05) is 12.1 Å². The standard InChI is InChI=1S/C22H25NO3/c1-15(2)16-5-7-17(8-6-16)22(24)23-11-3-4-19(23)18-9-10-20-21(14-18)26-13-12-25-20/h5-10,14-15,19H,3-4,11-13H2,1-2H3/t19-/m1/s1. The molecule has 4 nitrogen and oxygen atoms in total. The Labute approximate surface area is 154 Å². The van der Waals surface area contributed by atoms with Crippen LogP contribution < -0.4 is 9.47 Å². The molecule has 0 N–H and O–H groups in total. The molecule has 4 rings (SSSR count). The number of carbonyl (C=O) groups excluding carboxylic acids is 1. The third-order valence-electron chi connectivity index (χ3n) is 5.29. The molecule has 1 atom stereocenters. The molecule has 2 aliphatic rings. The molecule has 2 aromatic carbocycles. The molecule has 4 heteroatoms. The Balaban J connectivity index is 1.57. The summed E-state index contributed by atoms with van der Waals surface area (Å²) in [4.78, 5) is 15.1. The monoisotopic (exact) mass is 351 g/mol. The number of ether oxygens (including phenoxy) is 2. The minimum atomic E-state index is 0.100. The molecule has 0 bridgehead atoms. The number of fused-ring (bicyclic) bond motifs is 1. The Kier molecular flexibility index (Phi) is 4.58. The van der Waals surface area contributed by atoms with Gasteiger partial charge in [-0.3, -0.25) is 4.79 Å². The van der Waals surface area contributed by atoms with Gasteiger partial charge in [-0.05, 0) is 54.2 Å². The highest BCUT2D eigenvalue weighted by atomic mass is 16.6. The number of benzene rings is 2. The molecule has 136 valence electrons. The summed E-state index contributed by atoms with van der Waals surface area (Å²) in [5, 5.41) is 0. The molecule has 1 fully saturated rings. The van der Waals surface area contributed by atoms with Crippen molar-refractivity contribution in [1.82, 2.24) is 4.90 Å². The summed E-state index contributed by atoms with van der Waals surface area (Å²) in [6, 6.07) is 14.2. The number of hydrogen-bond acceptors (Lipinski definition) is 3. The zero-order valence-electron chi connectivity index (χ0n) is 15.4. The first kappa shape index (κ1) is 17.0. The minimum Gasteiger partial charge on any atom is -0.486 e. The van der Waals surface area contributed by atoms with E-state index in [1.807, 2.05) is 29.2 Å². The van der Waals surface area contributed by atoms with Gasteiger partial charge in [0.05, 0.1) is 6.04 Å². The van der Waals surface area contributed by atoms with Crippen molar-refractivity contribution in [3.05, 3.63) is 59.2 Å². The predicted molar refractivity (Wildman–Crippen MR) is 101 cm³/mol. The lowest BCUT2D eigenvalue weighted by molar-refractivity contribution is 0.0735. The fraction of sp³-hybridized carbons (Fsp3) is 0.409. The fourth-order valence-electron chi connectivity index (χ4n) is 3.80. The molecule has 2 aromatic rings. The average Bonchev–Trinajstić information content (AvgIpc) is 3.17. The quantitative estimate of drug-likeness (QED) is 0.814. The van der Waals surface area contributed by atoms with Crippen molar-refractivity contribution in [2.75, 3.05) is 19.8 Å². The topological polar surface area (TPSA) is 38.8 Å². The van der Waals surface area contributed by atoms with E-state index in [2.05, 4.69) is 32.0 Å². The highest BCUT2D eigenvalue weighted by Gasteiger charge is 2.31. The maximum atomic E-state index is 13.1. The van der Waals surface area contributed by atoms with Crippen LogP contribution in [0.1, 0.15) is 60.1 Å². The third-order valence-corrected chi connectivity index (χ3v) is 5.29. The number of likely N-dealkylation sites (tertiary alicyclic amines) is 1. The molecule has 0 unspecified atom stereocenters. The maximum Gasteiger partial charge on any atom is 0.254 e. The number of nitrogens with zero attached hydrogens (tertiary/aromatic N) is 1. The first-order chi connectivity index (χ1) is 12.6. The number of hydrogen-bond donors (Lipinski definition) is 0. The Morgan fingerprint density at radius 3 is 2.50 bits per heavy atom. The Bertz CT molecular complexity index is 798. The van der Waals surface area contributed by atoms with Crippen molar-refractivity contribution < 1.29 is 14.3 Å². The molecule has 0 saturated carbocycles. The molecule has 2 heterocycles. The van der Waals surface area contributed by atoms with E-state index in [1.54, 1.807) is 0 Å². The minimum absolute atomic E-state index is 0.100. The first-order valence-corrected chi connectivity index (χ1v) is 9.44. The van der Waals surface area contributed by atoms with Crippen molar-refractivity contribution in [1.29, 1.82) is 0 Å². The zero-order chi connectivity index (χ0) is 18.1. The highest BCUT2D eigenvalue weighted by Crippen LogP contribution is 2.38. The SMILES string of the molecule is CC(C)c1ccc(C(=O)N2CCC[C@@H]2c2ccc3c(c2)OCCO3)cc1. The molecule has 1 saturated heterocycles. The summed E-state index contributed by atoms with van der Waals surface area (Å²) in [6.07, 6.45) is 2.00. The van der Waals surface area contributed by atoms with Crippen molar-refractivity contribution in [2.45, 2.75) is 38.6 Å². The van der Waals surface area contributed by atoms with Crippen LogP contribution in [0.4, 0.5) is 0 Å². The van der Waals surface area contributed by atoms with Crippen molar-refractivity contribution in [2.24, 2.45) is 0 Å². The van der Waals surface area contributed by atoms with Crippen molar-refractivity contribution >= 4 is 5.91 Å². The fourth-order valence-corrected chi connectivity index (χ4v) is 3.80. The Morgan fingerprint density at radius 2 is 1.77 bits per heavy atom. The third kappa shape index (κ3) is 3.16. The van der Waals surface area contributed by atoms with E-state index < -0.39 is 0 Å². The lowest BCUT2D eigenvalue weighted by Gasteiger charge is -2.27. The van der Waals surface area contributed by atoms with E-state index in [0.29, 0.717) is 19.1 Å². The van der Waals surface area contributed by atoms with Crippen molar-refractivity contribution in [3.8, 4) is 11.5 Å². The Morgan fingerprint density at radius 1 is 1.04 bits per heavy atom. The predicted octanol–water partition coefficient (Wildman–Crippen LogP) is 4.56. The number of carbonyl (C=O) groups is 1. The van der Waals surface area contributed by atoms with Gasteiger partial charge in [0.25, 0.3) is 5.91 Å². The van der Waals surface area contributed by atoms with E-state index in [4.69, 9.17) is 9.47 Å². The van der Waals surface area contributed by atoms with E-state index in [-0.39, 0.29) is 11.9 Å². The van der Waals surface area contributed by atoms with Gasteiger partial charge in [-0.25, -0.2) is 0 Å². The molecule has 0 radical (unpaired) electrons. The van der Waals surface area contributed by atoms with Gasteiger partial charge in [-0.15, -0.1) is 0 Å². The molecule has 2 aliphatic heterocycles. The number of amides is 1. The van der Waals surface area contributed by atoms with Crippen LogP contribution in [-0.2, 0) is 0 Å². The van der Waals surface area contributed by atoms with Crippen LogP contribution in [0.15, 0.2) is 42.5 Å². The van der Waals surface area contributed by atoms with Gasteiger partial charge in [0.1, 0.15) is 13.2 Å². The van der Waals surface area contributed by atoms with Crippen LogP contribution in [0.2, 0.25) is 0 Å². The molecule has 1 amide bonds. The maximum absolute atomic E-state index is 13.1. The molecular weight excluding hydrogens is 326 g/mol. The lowest BCUT2D eigenvalue weighted by Crippen LogP contribution is -2.30. The van der Waals surface area contributed by atoms with Crippen LogP contribution in [0.5, 0.6) is 11.5 Å². The van der Waals surface area contributed by atoms with Gasteiger partial charge in [0.15, 0.2) is 11.5 Å². The normalized spacial score (nSPS) is 19.0. The summed E-state index contributed by atoms with van der Waals surface area (Å²) in [5.74, 6) is 2.16. The van der Waals surface area contributed by atoms with Gasteiger partial charge >= 0.3 is 0 Å². The van der Waals surface area contributed by atoms with Gasteiger partial charge < -0.3 is 14.4 Å². The molecule has 0 spiro atoms. The average molecular weight is 351 g/mol. The van der Waals surface area contributed by atoms with Crippen LogP contribution >= 0.6 is 0 Å². The second-order valence-corrected chi connectivity index (χ2v) is 7.34. The van der Waals surface area contributed by atoms with E-state index in [1.165, 1.54) is 5.56 Å². The van der Waals surface area contributed by atoms with Gasteiger partial charge in [0.2, 0.25) is 0 Å². The van der Waals surface area contributed by atoms with Gasteiger partial charge in [-0.2, -0.15) is 0 Å². The molecule has 26 heavy (non-hydrogen) atoms. The van der Waals surface area contributed by atoms with Crippen LogP contribution in [0.3, 0.4) is 0 Å². The lowest BCUT2D eigenvalue weighted by atomic mass is 10.0. The summed E-state index contributed by atoms with van der Waals surface area (Å²) in [5.41, 5.74) is 3.14. The molecular formula is C22H25NO3. The summed E-state index contributed by atoms with van der Waals surface area (Å²) in [6.45, 7) is 6.28. The van der Waals surface area contributed by atoms with Crippen LogP contribution in [-0.4, -0.2) is 30.6 Å². The van der Waals surface area contributed by atoms with Crippen molar-refractivity contribution in [3.63, 3.8) is 0 Å². The van der Waals surface area contributed by atoms with E-state index in [9.17, 15) is 4.79 Å². The largest absolute Gasteiger partial charge is 0.486 e. The molecule has 0 aliphatic carbocycles. The first-order valence-electron chi connectivity index (χ1n) is 9.44. The van der Waals surface area contributed by atoms with E-state index in [0.717, 1.165) is 42.0 Å². The highest BCUT2D eigenvalue weighted by molar-refractivity contribution is 5.94. The molecule has 0 aromatic heterocycles. The van der Waals surface area contributed by atoms with Gasteiger partial charge in [-0.1, -0.05) is 32.0 Å². The number of rotatable bonds is 3.